The molecule has 8 nitrogen and oxygen atoms in total. The van der Waals surface area contributed by atoms with E-state index in [0.29, 0.717) is 33.7 Å². The first kappa shape index (κ1) is 22.0. The van der Waals surface area contributed by atoms with Gasteiger partial charge < -0.3 is 15.5 Å². The Balaban J connectivity index is 1.86. The molecule has 6 N–H and O–H groups in total. The van der Waals surface area contributed by atoms with Crippen LogP contribution in [0.15, 0.2) is 75.1 Å². The van der Waals surface area contributed by atoms with Crippen LogP contribution < -0.4 is 27.9 Å². The molecule has 0 saturated heterocycles. The molecule has 0 amide bonds. The van der Waals surface area contributed by atoms with Crippen LogP contribution >= 0.6 is 0 Å². The number of hydrazone groups is 1. The van der Waals surface area contributed by atoms with Gasteiger partial charge in [-0.05, 0) is 44.5 Å². The van der Waals surface area contributed by atoms with Crippen LogP contribution in [-0.2, 0) is 0 Å². The Labute approximate surface area is 191 Å². The lowest BCUT2D eigenvalue weighted by molar-refractivity contribution is 0.605. The van der Waals surface area contributed by atoms with Crippen molar-refractivity contribution in [3.05, 3.63) is 93.4 Å². The Morgan fingerprint density at radius 2 is 1.88 bits per heavy atom. The molecule has 4 rings (SSSR count). The highest BCUT2D eigenvalue weighted by atomic mass is 16.3. The van der Waals surface area contributed by atoms with E-state index in [1.807, 2.05) is 62.4 Å². The molecule has 0 spiro atoms. The van der Waals surface area contributed by atoms with Gasteiger partial charge in [-0.3, -0.25) is 9.78 Å². The number of hydrazine groups is 1. The Morgan fingerprint density at radius 3 is 2.61 bits per heavy atom. The predicted molar refractivity (Wildman–Crippen MR) is 132 cm³/mol. The van der Waals surface area contributed by atoms with Gasteiger partial charge in [0.2, 0.25) is 0 Å². The van der Waals surface area contributed by atoms with Crippen LogP contribution in [0, 0.1) is 13.8 Å². The van der Waals surface area contributed by atoms with Crippen molar-refractivity contribution in [3.63, 3.8) is 0 Å². The third-order valence-electron chi connectivity index (χ3n) is 5.50. The van der Waals surface area contributed by atoms with E-state index in [1.165, 1.54) is 0 Å². The van der Waals surface area contributed by atoms with Crippen LogP contribution in [-0.4, -0.2) is 10.8 Å². The monoisotopic (exact) mass is 442 g/mol. The highest BCUT2D eigenvalue weighted by Crippen LogP contribution is 2.32. The molecule has 0 radical (unpaired) electrons. The molecule has 2 heterocycles. The Hall–Kier alpha value is -4.17. The summed E-state index contributed by atoms with van der Waals surface area (Å²) in [4.78, 5) is 17.6. The summed E-state index contributed by atoms with van der Waals surface area (Å²) >= 11 is 0. The maximum Gasteiger partial charge on any atom is 0.196 e. The zero-order chi connectivity index (χ0) is 23.5. The molecule has 1 unspecified atom stereocenters. The van der Waals surface area contributed by atoms with Gasteiger partial charge in [0.05, 0.1) is 17.1 Å². The minimum absolute atomic E-state index is 0.0419. The molecule has 168 valence electrons. The van der Waals surface area contributed by atoms with E-state index >= 15 is 0 Å². The zero-order valence-corrected chi connectivity index (χ0v) is 18.7. The summed E-state index contributed by atoms with van der Waals surface area (Å²) in [5.41, 5.74) is 13.1. The molecular formula is C25H26N6O2. The summed E-state index contributed by atoms with van der Waals surface area (Å²) in [6, 6.07) is 16.9. The second-order valence-corrected chi connectivity index (χ2v) is 7.87. The van der Waals surface area contributed by atoms with Crippen molar-refractivity contribution in [2.75, 3.05) is 5.32 Å². The largest absolute Gasteiger partial charge is 0.455 e. The predicted octanol–water partition coefficient (Wildman–Crippen LogP) is 3.73. The van der Waals surface area contributed by atoms with E-state index in [9.17, 15) is 4.79 Å². The number of fused-ring (bicyclic) bond motifs is 1. The minimum Gasteiger partial charge on any atom is -0.455 e. The van der Waals surface area contributed by atoms with Crippen LogP contribution in [0.4, 0.5) is 5.69 Å². The standard InChI is InChI=1S/C25H26N6O2/c1-14-12-18(16(3)29-20-10-7-11-28-21(20)25(26)30-31-27)24-19(13-14)22(32)15(2)23(33-24)17-8-5-4-6-9-17/h4-13,16,29,31H,27H2,1-3H3,(H2,26,30). The molecule has 33 heavy (non-hydrogen) atoms. The van der Waals surface area contributed by atoms with Gasteiger partial charge in [0.1, 0.15) is 17.0 Å². The molecule has 1 atom stereocenters. The topological polar surface area (TPSA) is 132 Å². The van der Waals surface area contributed by atoms with Crippen LogP contribution in [0.1, 0.15) is 35.3 Å². The number of hydrogen-bond acceptors (Lipinski definition) is 7. The number of hydrogen-bond donors (Lipinski definition) is 4. The number of benzene rings is 2. The average Bonchev–Trinajstić information content (AvgIpc) is 2.82. The number of amidine groups is 1. The molecule has 8 heteroatoms. The summed E-state index contributed by atoms with van der Waals surface area (Å²) < 4.78 is 6.39. The van der Waals surface area contributed by atoms with Gasteiger partial charge in [0.25, 0.3) is 0 Å². The molecule has 0 aliphatic carbocycles. The van der Waals surface area contributed by atoms with Gasteiger partial charge in [-0.2, -0.15) is 0 Å². The van der Waals surface area contributed by atoms with Crippen LogP contribution in [0.3, 0.4) is 0 Å². The summed E-state index contributed by atoms with van der Waals surface area (Å²) in [7, 11) is 0. The Kier molecular flexibility index (Phi) is 6.10. The Morgan fingerprint density at radius 1 is 1.12 bits per heavy atom. The van der Waals surface area contributed by atoms with E-state index in [-0.39, 0.29) is 17.3 Å². The maximum atomic E-state index is 13.3. The lowest BCUT2D eigenvalue weighted by Crippen LogP contribution is -2.25. The van der Waals surface area contributed by atoms with Crippen molar-refractivity contribution in [1.82, 2.24) is 10.5 Å². The number of anilines is 1. The lowest BCUT2D eigenvalue weighted by atomic mass is 9.98. The fraction of sp³-hybridized carbons (Fsp3) is 0.160. The van der Waals surface area contributed by atoms with Gasteiger partial charge >= 0.3 is 0 Å². The molecule has 0 bridgehead atoms. The van der Waals surface area contributed by atoms with E-state index in [0.717, 1.165) is 16.7 Å². The SMILES string of the molecule is Cc1cc(C(C)Nc2cccnc2/C(N)=N/NN)c2oc(-c3ccccc3)c(C)c(=O)c2c1. The van der Waals surface area contributed by atoms with Crippen molar-refractivity contribution >= 4 is 22.5 Å². The number of rotatable bonds is 6. The number of aromatic nitrogens is 1. The molecule has 0 saturated carbocycles. The number of nitrogens with one attached hydrogen (secondary N) is 2. The first-order valence-corrected chi connectivity index (χ1v) is 10.5. The fourth-order valence-electron chi connectivity index (χ4n) is 3.91. The van der Waals surface area contributed by atoms with Gasteiger partial charge in [0.15, 0.2) is 11.3 Å². The quantitative estimate of drug-likeness (QED) is 0.155. The van der Waals surface area contributed by atoms with E-state index < -0.39 is 0 Å². The molecular weight excluding hydrogens is 416 g/mol. The fourth-order valence-corrected chi connectivity index (χ4v) is 3.91. The first-order valence-electron chi connectivity index (χ1n) is 10.5. The maximum absolute atomic E-state index is 13.3. The highest BCUT2D eigenvalue weighted by Gasteiger charge is 2.20. The normalized spacial score (nSPS) is 12.5. The summed E-state index contributed by atoms with van der Waals surface area (Å²) in [5, 5.41) is 7.80. The smallest absolute Gasteiger partial charge is 0.196 e. The number of pyridine rings is 1. The van der Waals surface area contributed by atoms with Gasteiger partial charge in [-0.1, -0.05) is 36.4 Å². The van der Waals surface area contributed by atoms with Crippen molar-refractivity contribution in [2.45, 2.75) is 26.8 Å². The summed E-state index contributed by atoms with van der Waals surface area (Å²) in [6.07, 6.45) is 1.63. The summed E-state index contributed by atoms with van der Waals surface area (Å²) in [6.45, 7) is 5.75. The number of nitrogens with zero attached hydrogens (tertiary/aromatic N) is 2. The molecule has 0 fully saturated rings. The van der Waals surface area contributed by atoms with E-state index in [4.69, 9.17) is 16.0 Å². The third kappa shape index (κ3) is 4.28. The molecule has 0 aliphatic rings. The van der Waals surface area contributed by atoms with Crippen molar-refractivity contribution < 1.29 is 4.42 Å². The number of aryl methyl sites for hydroxylation is 1. The lowest BCUT2D eigenvalue weighted by Gasteiger charge is -2.20. The molecule has 2 aromatic heterocycles. The minimum atomic E-state index is -0.233. The second-order valence-electron chi connectivity index (χ2n) is 7.87. The van der Waals surface area contributed by atoms with Crippen LogP contribution in [0.25, 0.3) is 22.3 Å². The van der Waals surface area contributed by atoms with E-state index in [2.05, 4.69) is 20.9 Å². The van der Waals surface area contributed by atoms with Crippen molar-refractivity contribution in [2.24, 2.45) is 16.7 Å². The van der Waals surface area contributed by atoms with Gasteiger partial charge in [0, 0.05) is 22.9 Å². The summed E-state index contributed by atoms with van der Waals surface area (Å²) in [5.74, 6) is 5.98. The van der Waals surface area contributed by atoms with Gasteiger partial charge in [-0.25, -0.2) is 11.4 Å². The first-order chi connectivity index (χ1) is 15.9. The zero-order valence-electron chi connectivity index (χ0n) is 18.7. The van der Waals surface area contributed by atoms with Crippen LogP contribution in [0.2, 0.25) is 0 Å². The average molecular weight is 443 g/mol. The van der Waals surface area contributed by atoms with Crippen molar-refractivity contribution in [1.29, 1.82) is 0 Å². The highest BCUT2D eigenvalue weighted by molar-refractivity contribution is 6.00. The molecule has 0 aliphatic heterocycles. The third-order valence-corrected chi connectivity index (χ3v) is 5.50. The van der Waals surface area contributed by atoms with E-state index in [1.54, 1.807) is 19.2 Å². The number of nitrogens with two attached hydrogens (primary N) is 2. The Bertz CT molecular complexity index is 1400. The van der Waals surface area contributed by atoms with Crippen LogP contribution in [0.5, 0.6) is 0 Å². The van der Waals surface area contributed by atoms with Crippen molar-refractivity contribution in [3.8, 4) is 11.3 Å². The second kappa shape index (κ2) is 9.13. The molecule has 4 aromatic rings. The molecule has 2 aromatic carbocycles. The van der Waals surface area contributed by atoms with Gasteiger partial charge in [-0.15, -0.1) is 5.10 Å².